The topological polar surface area (TPSA) is 35.8 Å². The second kappa shape index (κ2) is 5.96. The minimum atomic E-state index is -4.43. The van der Waals surface area contributed by atoms with Crippen LogP contribution in [0, 0.1) is 17.2 Å². The van der Waals surface area contributed by atoms with Gasteiger partial charge in [-0.3, -0.25) is 0 Å². The van der Waals surface area contributed by atoms with Gasteiger partial charge in [0.1, 0.15) is 0 Å². The number of nitrogens with zero attached hydrogens (tertiary/aromatic N) is 1. The van der Waals surface area contributed by atoms with Crippen molar-refractivity contribution in [2.75, 3.05) is 19.3 Å². The number of rotatable bonds is 5. The minimum Gasteiger partial charge on any atom is -0.314 e. The Labute approximate surface area is 104 Å². The molecule has 0 radical (unpaired) electrons. The fourth-order valence-electron chi connectivity index (χ4n) is 2.15. The summed E-state index contributed by atoms with van der Waals surface area (Å²) in [7, 11) is 0. The van der Waals surface area contributed by atoms with E-state index in [1.54, 1.807) is 11.8 Å². The van der Waals surface area contributed by atoms with Crippen molar-refractivity contribution in [2.24, 2.45) is 5.92 Å². The summed E-state index contributed by atoms with van der Waals surface area (Å²) in [5.74, 6) is -1.90. The summed E-state index contributed by atoms with van der Waals surface area (Å²) < 4.78 is 37.1. The van der Waals surface area contributed by atoms with Crippen molar-refractivity contribution in [3.63, 3.8) is 0 Å². The number of nitrogens with one attached hydrogen (secondary N) is 1. The Morgan fingerprint density at radius 2 is 2.00 bits per heavy atom. The number of thioether (sulfide) groups is 1. The van der Waals surface area contributed by atoms with Gasteiger partial charge in [-0.1, -0.05) is 12.8 Å². The predicted octanol–water partition coefficient (Wildman–Crippen LogP) is 2.95. The number of alkyl halides is 3. The van der Waals surface area contributed by atoms with Crippen LogP contribution in [0.4, 0.5) is 13.2 Å². The molecule has 0 aromatic heterocycles. The highest BCUT2D eigenvalue weighted by atomic mass is 32.2. The first-order valence-corrected chi connectivity index (χ1v) is 6.88. The lowest BCUT2D eigenvalue weighted by Crippen LogP contribution is -2.40. The molecule has 1 aliphatic rings. The van der Waals surface area contributed by atoms with Crippen molar-refractivity contribution in [1.82, 2.24) is 5.32 Å². The van der Waals surface area contributed by atoms with Gasteiger partial charge in [0, 0.05) is 17.8 Å². The fraction of sp³-hybridized carbons (Fsp3) is 0.909. The summed E-state index contributed by atoms with van der Waals surface area (Å²) in [6.45, 7) is 0.255. The molecule has 0 aliphatic heterocycles. The van der Waals surface area contributed by atoms with Crippen molar-refractivity contribution in [3.8, 4) is 6.07 Å². The Balaban J connectivity index is 2.39. The molecular weight excluding hydrogens is 249 g/mol. The SMILES string of the molecule is CSC1(CNCC(C#N)C(F)(F)F)CCCC1. The van der Waals surface area contributed by atoms with Crippen LogP contribution in [0.5, 0.6) is 0 Å². The first kappa shape index (κ1) is 14.7. The molecule has 1 unspecified atom stereocenters. The van der Waals surface area contributed by atoms with E-state index in [4.69, 9.17) is 5.26 Å². The van der Waals surface area contributed by atoms with Crippen LogP contribution in [0.15, 0.2) is 0 Å². The fourth-order valence-corrected chi connectivity index (χ4v) is 3.09. The van der Waals surface area contributed by atoms with Crippen LogP contribution in [-0.4, -0.2) is 30.3 Å². The summed E-state index contributed by atoms with van der Waals surface area (Å²) in [4.78, 5) is 0. The minimum absolute atomic E-state index is 0.0750. The van der Waals surface area contributed by atoms with Gasteiger partial charge in [-0.05, 0) is 19.1 Å². The molecule has 1 rings (SSSR count). The van der Waals surface area contributed by atoms with Crippen LogP contribution in [-0.2, 0) is 0 Å². The smallest absolute Gasteiger partial charge is 0.314 e. The normalized spacial score (nSPS) is 21.1. The van der Waals surface area contributed by atoms with Crippen molar-refractivity contribution in [3.05, 3.63) is 0 Å². The Bertz CT molecular complexity index is 279. The monoisotopic (exact) mass is 266 g/mol. The third kappa shape index (κ3) is 4.07. The highest BCUT2D eigenvalue weighted by molar-refractivity contribution is 8.00. The number of nitriles is 1. The number of hydrogen-bond donors (Lipinski definition) is 1. The lowest BCUT2D eigenvalue weighted by atomic mass is 10.1. The van der Waals surface area contributed by atoms with Gasteiger partial charge < -0.3 is 5.32 Å². The molecule has 0 aromatic carbocycles. The molecule has 0 spiro atoms. The molecule has 17 heavy (non-hydrogen) atoms. The third-order valence-corrected chi connectivity index (χ3v) is 4.71. The van der Waals surface area contributed by atoms with E-state index in [2.05, 4.69) is 5.32 Å². The van der Waals surface area contributed by atoms with Gasteiger partial charge in [0.05, 0.1) is 6.07 Å². The summed E-state index contributed by atoms with van der Waals surface area (Å²) >= 11 is 1.72. The van der Waals surface area contributed by atoms with Crippen LogP contribution in [0.3, 0.4) is 0 Å². The number of hydrogen-bond acceptors (Lipinski definition) is 3. The molecule has 1 fully saturated rings. The van der Waals surface area contributed by atoms with E-state index in [0.29, 0.717) is 6.54 Å². The second-order valence-electron chi connectivity index (χ2n) is 4.45. The van der Waals surface area contributed by atoms with Crippen molar-refractivity contribution in [2.45, 2.75) is 36.6 Å². The van der Waals surface area contributed by atoms with E-state index in [-0.39, 0.29) is 11.3 Å². The van der Waals surface area contributed by atoms with Gasteiger partial charge in [0.2, 0.25) is 0 Å². The summed E-state index contributed by atoms with van der Waals surface area (Å²) in [6.07, 6.45) is 1.95. The second-order valence-corrected chi connectivity index (χ2v) is 5.72. The van der Waals surface area contributed by atoms with Crippen LogP contribution in [0.1, 0.15) is 25.7 Å². The Hall–Kier alpha value is -0.410. The predicted molar refractivity (Wildman–Crippen MR) is 62.7 cm³/mol. The van der Waals surface area contributed by atoms with Crippen molar-refractivity contribution in [1.29, 1.82) is 5.26 Å². The molecule has 1 atom stereocenters. The molecule has 1 saturated carbocycles. The standard InChI is InChI=1S/C11H17F3N2S/c1-17-10(4-2-3-5-10)8-16-7-9(6-15)11(12,13)14/h9,16H,2-5,7-8H2,1H3. The highest BCUT2D eigenvalue weighted by Gasteiger charge is 2.40. The summed E-state index contributed by atoms with van der Waals surface area (Å²) in [5, 5.41) is 11.3. The van der Waals surface area contributed by atoms with Crippen LogP contribution < -0.4 is 5.32 Å². The van der Waals surface area contributed by atoms with E-state index in [1.807, 2.05) is 6.26 Å². The molecule has 1 aliphatic carbocycles. The lowest BCUT2D eigenvalue weighted by Gasteiger charge is -2.27. The van der Waals surface area contributed by atoms with E-state index >= 15 is 0 Å². The zero-order chi connectivity index (χ0) is 12.9. The first-order chi connectivity index (χ1) is 7.93. The Kier molecular flexibility index (Phi) is 5.14. The molecule has 1 N–H and O–H groups in total. The first-order valence-electron chi connectivity index (χ1n) is 5.66. The molecule has 0 aromatic rings. The number of halogens is 3. The zero-order valence-corrected chi connectivity index (χ0v) is 10.6. The van der Waals surface area contributed by atoms with Gasteiger partial charge in [0.25, 0.3) is 0 Å². The van der Waals surface area contributed by atoms with Gasteiger partial charge in [-0.2, -0.15) is 30.2 Å². The Morgan fingerprint density at radius 3 is 2.41 bits per heavy atom. The lowest BCUT2D eigenvalue weighted by molar-refractivity contribution is -0.157. The van der Waals surface area contributed by atoms with E-state index in [1.165, 1.54) is 6.07 Å². The highest BCUT2D eigenvalue weighted by Crippen LogP contribution is 2.39. The molecular formula is C11H17F3N2S. The average Bonchev–Trinajstić information content (AvgIpc) is 2.72. The van der Waals surface area contributed by atoms with Gasteiger partial charge in [-0.25, -0.2) is 0 Å². The maximum Gasteiger partial charge on any atom is 0.405 e. The van der Waals surface area contributed by atoms with E-state index < -0.39 is 12.1 Å². The van der Waals surface area contributed by atoms with E-state index in [9.17, 15) is 13.2 Å². The maximum atomic E-state index is 12.3. The molecule has 98 valence electrons. The van der Waals surface area contributed by atoms with E-state index in [0.717, 1.165) is 25.7 Å². The summed E-state index contributed by atoms with van der Waals surface area (Å²) in [6, 6.07) is 1.30. The quantitative estimate of drug-likeness (QED) is 0.831. The van der Waals surface area contributed by atoms with Gasteiger partial charge >= 0.3 is 6.18 Å². The van der Waals surface area contributed by atoms with Crippen LogP contribution in [0.2, 0.25) is 0 Å². The molecule has 0 heterocycles. The maximum absolute atomic E-state index is 12.3. The largest absolute Gasteiger partial charge is 0.405 e. The molecule has 6 heteroatoms. The third-order valence-electron chi connectivity index (χ3n) is 3.29. The molecule has 2 nitrogen and oxygen atoms in total. The van der Waals surface area contributed by atoms with Crippen molar-refractivity contribution < 1.29 is 13.2 Å². The van der Waals surface area contributed by atoms with Gasteiger partial charge in [-0.15, -0.1) is 0 Å². The summed E-state index contributed by atoms with van der Waals surface area (Å²) in [5.41, 5.74) is 0. The average molecular weight is 266 g/mol. The van der Waals surface area contributed by atoms with Crippen LogP contribution >= 0.6 is 11.8 Å². The van der Waals surface area contributed by atoms with Crippen LogP contribution in [0.25, 0.3) is 0 Å². The molecule has 0 bridgehead atoms. The Morgan fingerprint density at radius 1 is 1.41 bits per heavy atom. The zero-order valence-electron chi connectivity index (χ0n) is 9.81. The molecule has 0 saturated heterocycles. The molecule has 0 amide bonds. The van der Waals surface area contributed by atoms with Gasteiger partial charge in [0.15, 0.2) is 5.92 Å². The van der Waals surface area contributed by atoms with Crippen molar-refractivity contribution >= 4 is 11.8 Å².